The second-order valence-electron chi connectivity index (χ2n) is 29.2. The zero-order chi connectivity index (χ0) is 72.4. The third-order valence-electron chi connectivity index (χ3n) is 24.1. The smallest absolute Gasteiger partial charge is 0.159 e. The molecule has 4 nitrogen and oxygen atoms in total. The van der Waals surface area contributed by atoms with Crippen LogP contribution >= 0.6 is 0 Å². The van der Waals surface area contributed by atoms with E-state index in [9.17, 15) is 0 Å². The number of furan rings is 2. The van der Waals surface area contributed by atoms with Gasteiger partial charge >= 0.3 is 0 Å². The lowest BCUT2D eigenvalue weighted by Gasteiger charge is -2.35. The maximum Gasteiger partial charge on any atom is 0.159 e. The largest absolute Gasteiger partial charge is 0.454 e. The third-order valence-corrected chi connectivity index (χ3v) is 24.1. The van der Waals surface area contributed by atoms with Crippen molar-refractivity contribution in [1.82, 2.24) is 0 Å². The highest BCUT2D eigenvalue weighted by Gasteiger charge is 2.53. The van der Waals surface area contributed by atoms with E-state index in [1.54, 1.807) is 24.3 Å². The van der Waals surface area contributed by atoms with Crippen molar-refractivity contribution in [3.05, 3.63) is 455 Å². The van der Waals surface area contributed by atoms with Crippen molar-refractivity contribution in [2.75, 3.05) is 9.80 Å². The second kappa shape index (κ2) is 23.5. The summed E-state index contributed by atoms with van der Waals surface area (Å²) in [4.78, 5) is 4.81. The molecule has 1 spiro atoms. The molecule has 2 heterocycles. The molecule has 0 saturated heterocycles. The van der Waals surface area contributed by atoms with Crippen LogP contribution < -0.4 is 9.80 Å². The summed E-state index contributed by atoms with van der Waals surface area (Å²) in [6.07, 6.45) is 3.75. The summed E-state index contributed by atoms with van der Waals surface area (Å²) < 4.78 is 45.2. The number of hydrogen-bond donors (Lipinski definition) is 0. The molecule has 2 atom stereocenters. The molecule has 2 unspecified atom stereocenters. The van der Waals surface area contributed by atoms with Crippen LogP contribution in [0.15, 0.2) is 374 Å². The molecule has 4 aliphatic rings. The van der Waals surface area contributed by atoms with E-state index in [0.717, 1.165) is 189 Å². The molecule has 2 aromatic heterocycles. The van der Waals surface area contributed by atoms with E-state index in [4.69, 9.17) is 8.83 Å². The minimum atomic E-state index is -0.873. The third kappa shape index (κ3) is 8.62. The molecular formula is C103H64F2N2O2. The summed E-state index contributed by atoms with van der Waals surface area (Å²) in [5, 5.41) is 4.07. The van der Waals surface area contributed by atoms with Gasteiger partial charge in [0, 0.05) is 44.3 Å². The monoisotopic (exact) mass is 1400 g/mol. The molecule has 4 aliphatic carbocycles. The summed E-state index contributed by atoms with van der Waals surface area (Å²) >= 11 is 0. The maximum absolute atomic E-state index is 15.5. The van der Waals surface area contributed by atoms with Crippen LogP contribution in [0, 0.1) is 11.6 Å². The molecule has 512 valence electrons. The van der Waals surface area contributed by atoms with Crippen molar-refractivity contribution in [2.24, 2.45) is 0 Å². The van der Waals surface area contributed by atoms with E-state index in [1.165, 1.54) is 11.1 Å². The summed E-state index contributed by atoms with van der Waals surface area (Å²) in [6, 6.07) is 125. The van der Waals surface area contributed by atoms with Gasteiger partial charge in [0.25, 0.3) is 0 Å². The first kappa shape index (κ1) is 62.4. The fourth-order valence-corrected chi connectivity index (χ4v) is 19.6. The Kier molecular flexibility index (Phi) is 13.5. The van der Waals surface area contributed by atoms with Crippen molar-refractivity contribution in [2.45, 2.75) is 16.2 Å². The molecule has 109 heavy (non-hydrogen) atoms. The van der Waals surface area contributed by atoms with Gasteiger partial charge < -0.3 is 18.6 Å². The number of nitrogens with zero attached hydrogens (tertiary/aromatic N) is 2. The van der Waals surface area contributed by atoms with Gasteiger partial charge in [0.1, 0.15) is 22.8 Å². The number of anilines is 6. The second-order valence-corrected chi connectivity index (χ2v) is 29.2. The fraction of sp³-hybridized carbons (Fsp3) is 0.0291. The average molecular weight is 1400 g/mol. The molecule has 6 heteroatoms. The highest BCUT2D eigenvalue weighted by Crippen LogP contribution is 2.66. The average Bonchev–Trinajstić information content (AvgIpc) is 1.51. The van der Waals surface area contributed by atoms with Gasteiger partial charge in [-0.3, -0.25) is 0 Å². The van der Waals surface area contributed by atoms with Crippen LogP contribution in [0.5, 0.6) is 0 Å². The number of para-hydroxylation sites is 4. The van der Waals surface area contributed by atoms with Crippen LogP contribution in [0.2, 0.25) is 0 Å². The van der Waals surface area contributed by atoms with Crippen LogP contribution in [0.4, 0.5) is 42.9 Å². The van der Waals surface area contributed by atoms with Crippen molar-refractivity contribution in [1.29, 1.82) is 0 Å². The molecular weight excluding hydrogens is 1340 g/mol. The summed E-state index contributed by atoms with van der Waals surface area (Å²) in [5.41, 5.74) is 30.0. The van der Waals surface area contributed by atoms with Gasteiger partial charge in [-0.2, -0.15) is 0 Å². The van der Waals surface area contributed by atoms with E-state index in [2.05, 4.69) is 314 Å². The van der Waals surface area contributed by atoms with Crippen LogP contribution in [0.3, 0.4) is 0 Å². The Morgan fingerprint density at radius 2 is 0.523 bits per heavy atom. The number of rotatable bonds is 12. The Balaban J connectivity index is 0.797. The maximum atomic E-state index is 15.5. The summed E-state index contributed by atoms with van der Waals surface area (Å²) in [5.74, 6) is -0.597. The highest BCUT2D eigenvalue weighted by molar-refractivity contribution is 6.12. The van der Waals surface area contributed by atoms with E-state index < -0.39 is 16.2 Å². The van der Waals surface area contributed by atoms with E-state index >= 15 is 8.78 Å². The Morgan fingerprint density at radius 1 is 0.248 bits per heavy atom. The topological polar surface area (TPSA) is 32.8 Å². The van der Waals surface area contributed by atoms with Crippen molar-refractivity contribution in [3.8, 4) is 44.5 Å². The SMILES string of the molecule is C=Cc1ccc(C2(c3ccc(F)cc3)c3ccccc3-c3ccc(N(c4ccc5c(c4)C4(c6ccccc6-5)c5ccccc5-c5ccc(N(c6ccc7c(c6)C(c6ccc(F)cc6)(c6ccc(C=C)cc6)c6ccccc6-7)c6cccc7c6oc6ccccc67)cc54)c4cccc5c4oc4ccccc45)cc32)cc1. The van der Waals surface area contributed by atoms with Crippen molar-refractivity contribution in [3.63, 3.8) is 0 Å². The zero-order valence-corrected chi connectivity index (χ0v) is 59.0. The molecule has 0 amide bonds. The fourth-order valence-electron chi connectivity index (χ4n) is 19.6. The van der Waals surface area contributed by atoms with Gasteiger partial charge in [-0.1, -0.05) is 280 Å². The first-order valence-corrected chi connectivity index (χ1v) is 37.1. The van der Waals surface area contributed by atoms with Crippen LogP contribution in [0.25, 0.3) is 101 Å². The molecule has 18 aromatic rings. The highest BCUT2D eigenvalue weighted by atomic mass is 19.1. The van der Waals surface area contributed by atoms with Gasteiger partial charge in [0.15, 0.2) is 11.2 Å². The summed E-state index contributed by atoms with van der Waals surface area (Å²) in [6.45, 7) is 8.28. The molecule has 0 saturated carbocycles. The van der Waals surface area contributed by atoms with E-state index in [-0.39, 0.29) is 11.6 Å². The number of fused-ring (bicyclic) bond motifs is 22. The predicted molar refractivity (Wildman–Crippen MR) is 441 cm³/mol. The molecule has 0 bridgehead atoms. The van der Waals surface area contributed by atoms with Gasteiger partial charge in [0.05, 0.1) is 27.6 Å². The Labute approximate surface area is 628 Å². The number of hydrogen-bond acceptors (Lipinski definition) is 4. The molecule has 0 N–H and O–H groups in total. The minimum absolute atomic E-state index is 0.298. The van der Waals surface area contributed by atoms with E-state index in [0.29, 0.717) is 0 Å². The first-order valence-electron chi connectivity index (χ1n) is 37.1. The number of benzene rings is 16. The van der Waals surface area contributed by atoms with Crippen LogP contribution in [-0.2, 0) is 16.2 Å². The zero-order valence-electron chi connectivity index (χ0n) is 59.0. The normalized spacial score (nSPS) is 16.5. The van der Waals surface area contributed by atoms with Gasteiger partial charge in [-0.25, -0.2) is 8.78 Å². The Hall–Kier alpha value is -13.9. The van der Waals surface area contributed by atoms with Crippen molar-refractivity contribution < 1.29 is 17.6 Å². The standard InChI is InChI=1S/C103H64F2N2O2/c1-3-63-35-39-65(40-36-63)101(67-43-47-69(104)48-44-67)87-27-11-5-19-75(87)79-55-51-71(59-91(79)101)106(95-31-17-25-85-83-23-9-15-33-97(83)108-99(85)95)73-53-57-81-77-21-7-13-29-89(77)103(93(81)61-73)90-30-14-8-22-78(90)82-58-54-74(62-94(82)103)107(96-32-18-26-86-84-24-10-16-34-98(84)109-100(86)96)72-52-56-80-76-20-6-12-28-88(76)102(92(80)60-72,68-45-49-70(105)50-46-68)66-41-37-64(4-2)38-42-66/h3-62H,1-2H2. The Morgan fingerprint density at radius 3 is 0.862 bits per heavy atom. The van der Waals surface area contributed by atoms with Gasteiger partial charge in [-0.15, -0.1) is 0 Å². The number of halogens is 2. The lowest BCUT2D eigenvalue weighted by atomic mass is 9.67. The van der Waals surface area contributed by atoms with Crippen LogP contribution in [0.1, 0.15) is 77.9 Å². The lowest BCUT2D eigenvalue weighted by Crippen LogP contribution is -2.29. The molecule has 16 aromatic carbocycles. The van der Waals surface area contributed by atoms with Crippen LogP contribution in [-0.4, -0.2) is 0 Å². The predicted octanol–water partition coefficient (Wildman–Crippen LogP) is 27.1. The minimum Gasteiger partial charge on any atom is -0.454 e. The quantitative estimate of drug-likeness (QED) is 0.122. The molecule has 22 rings (SSSR count). The molecule has 0 radical (unpaired) electrons. The van der Waals surface area contributed by atoms with Crippen molar-refractivity contribution >= 4 is 90.2 Å². The van der Waals surface area contributed by atoms with Gasteiger partial charge in [0.2, 0.25) is 0 Å². The van der Waals surface area contributed by atoms with E-state index in [1.807, 2.05) is 48.6 Å². The lowest BCUT2D eigenvalue weighted by molar-refractivity contribution is 0.624. The Bertz CT molecular complexity index is 6470. The molecule has 0 fully saturated rings. The molecule has 0 aliphatic heterocycles. The van der Waals surface area contributed by atoms with Gasteiger partial charge in [-0.05, 0) is 219 Å². The first-order chi connectivity index (χ1) is 53.7. The summed E-state index contributed by atoms with van der Waals surface area (Å²) in [7, 11) is 0.